The summed E-state index contributed by atoms with van der Waals surface area (Å²) in [5, 5.41) is 0. The number of benzene rings is 1. The molecule has 1 radical (unpaired) electrons. The van der Waals surface area contributed by atoms with E-state index in [1.54, 1.807) is 0 Å². The number of ether oxygens (including phenoxy) is 2. The smallest absolute Gasteiger partial charge is 0.231 e. The fraction of sp³-hybridized carbons (Fsp3) is 0.250. The summed E-state index contributed by atoms with van der Waals surface area (Å²) in [6, 6.07) is 6.89. The minimum atomic E-state index is 0.329. The van der Waals surface area contributed by atoms with Crippen molar-refractivity contribution in [3.8, 4) is 11.5 Å². The van der Waals surface area contributed by atoms with Crippen molar-refractivity contribution >= 4 is 0 Å². The van der Waals surface area contributed by atoms with Gasteiger partial charge in [0, 0.05) is 6.07 Å². The number of rotatable bonds is 0. The van der Waals surface area contributed by atoms with Crippen LogP contribution in [0, 0.1) is 13.0 Å². The molecule has 0 saturated carbocycles. The largest absolute Gasteiger partial charge is 0.454 e. The van der Waals surface area contributed by atoms with Gasteiger partial charge in [0.2, 0.25) is 6.79 Å². The van der Waals surface area contributed by atoms with Gasteiger partial charge in [-0.1, -0.05) is 6.07 Å². The Morgan fingerprint density at radius 1 is 1.40 bits per heavy atom. The Morgan fingerprint density at radius 3 is 3.20 bits per heavy atom. The lowest BCUT2D eigenvalue weighted by Gasteiger charge is -1.93. The third-order valence-electron chi connectivity index (χ3n) is 1.44. The van der Waals surface area contributed by atoms with Crippen LogP contribution in [0.3, 0.4) is 0 Å². The minimum Gasteiger partial charge on any atom is -0.454 e. The van der Waals surface area contributed by atoms with E-state index in [0.717, 1.165) is 17.1 Å². The summed E-state index contributed by atoms with van der Waals surface area (Å²) in [4.78, 5) is 0. The van der Waals surface area contributed by atoms with Gasteiger partial charge in [0.05, 0.1) is 0 Å². The van der Waals surface area contributed by atoms with Gasteiger partial charge in [-0.25, -0.2) is 0 Å². The van der Waals surface area contributed by atoms with Crippen molar-refractivity contribution < 1.29 is 9.47 Å². The fourth-order valence-electron chi connectivity index (χ4n) is 0.931. The maximum atomic E-state index is 5.10. The molecule has 0 amide bonds. The normalized spacial score (nSPS) is 13.7. The molecule has 0 unspecified atom stereocenters. The predicted octanol–water partition coefficient (Wildman–Crippen LogP) is 1.52. The average molecular weight is 135 g/mol. The molecule has 2 nitrogen and oxygen atoms in total. The molecule has 2 rings (SSSR count). The maximum absolute atomic E-state index is 5.10. The summed E-state index contributed by atoms with van der Waals surface area (Å²) in [5.74, 6) is 1.53. The molecule has 0 saturated heterocycles. The van der Waals surface area contributed by atoms with Crippen LogP contribution in [-0.2, 0) is 0 Å². The predicted molar refractivity (Wildman–Crippen MR) is 36.1 cm³/mol. The lowest BCUT2D eigenvalue weighted by molar-refractivity contribution is 0.173. The molecule has 1 aliphatic heterocycles. The molecule has 0 fully saturated rings. The molecule has 10 heavy (non-hydrogen) atoms. The summed E-state index contributed by atoms with van der Waals surface area (Å²) in [6.07, 6.45) is 0. The third kappa shape index (κ3) is 0.727. The first-order valence-electron chi connectivity index (χ1n) is 3.15. The third-order valence-corrected chi connectivity index (χ3v) is 1.44. The highest BCUT2D eigenvalue weighted by Gasteiger charge is 2.11. The average Bonchev–Trinajstić information content (AvgIpc) is 2.33. The van der Waals surface area contributed by atoms with E-state index >= 15 is 0 Å². The number of hydrogen-bond donors (Lipinski definition) is 0. The molecule has 0 N–H and O–H groups in total. The highest BCUT2D eigenvalue weighted by molar-refractivity contribution is 5.42. The van der Waals surface area contributed by atoms with E-state index in [2.05, 4.69) is 6.07 Å². The van der Waals surface area contributed by atoms with E-state index in [1.807, 2.05) is 19.1 Å². The van der Waals surface area contributed by atoms with E-state index in [9.17, 15) is 0 Å². The van der Waals surface area contributed by atoms with Crippen LogP contribution >= 0.6 is 0 Å². The molecular formula is C8H7O2. The molecule has 0 spiro atoms. The first-order valence-corrected chi connectivity index (χ1v) is 3.15. The van der Waals surface area contributed by atoms with Gasteiger partial charge < -0.3 is 9.47 Å². The second kappa shape index (κ2) is 1.90. The van der Waals surface area contributed by atoms with Crippen LogP contribution in [0.2, 0.25) is 0 Å². The van der Waals surface area contributed by atoms with Gasteiger partial charge in [-0.05, 0) is 18.6 Å². The molecule has 1 heterocycles. The summed E-state index contributed by atoms with van der Waals surface area (Å²) in [5.41, 5.74) is 1.07. The first kappa shape index (κ1) is 5.59. The lowest BCUT2D eigenvalue weighted by Crippen LogP contribution is -1.92. The van der Waals surface area contributed by atoms with Crippen LogP contribution in [0.4, 0.5) is 0 Å². The highest BCUT2D eigenvalue weighted by atomic mass is 16.7. The molecule has 1 aromatic rings. The quantitative estimate of drug-likeness (QED) is 0.537. The monoisotopic (exact) mass is 135 g/mol. The lowest BCUT2D eigenvalue weighted by atomic mass is 10.2. The Balaban J connectivity index is 2.52. The van der Waals surface area contributed by atoms with Crippen LogP contribution in [0.15, 0.2) is 12.1 Å². The number of aryl methyl sites for hydroxylation is 1. The maximum Gasteiger partial charge on any atom is 0.231 e. The molecule has 51 valence electrons. The second-order valence-corrected chi connectivity index (χ2v) is 2.24. The van der Waals surface area contributed by atoms with Gasteiger partial charge in [-0.15, -0.1) is 0 Å². The molecule has 0 aromatic heterocycles. The van der Waals surface area contributed by atoms with Crippen molar-refractivity contribution in [2.75, 3.05) is 6.79 Å². The van der Waals surface area contributed by atoms with Gasteiger partial charge in [0.1, 0.15) is 0 Å². The van der Waals surface area contributed by atoms with E-state index < -0.39 is 0 Å². The summed E-state index contributed by atoms with van der Waals surface area (Å²) in [6.45, 7) is 2.30. The zero-order valence-electron chi connectivity index (χ0n) is 5.68. The molecule has 1 aromatic carbocycles. The molecule has 1 aliphatic rings. The van der Waals surface area contributed by atoms with Crippen LogP contribution in [0.25, 0.3) is 0 Å². The Hall–Kier alpha value is -1.18. The van der Waals surface area contributed by atoms with Crippen molar-refractivity contribution in [1.29, 1.82) is 0 Å². The number of fused-ring (bicyclic) bond motifs is 1. The fourth-order valence-corrected chi connectivity index (χ4v) is 0.931. The van der Waals surface area contributed by atoms with E-state index in [1.165, 1.54) is 0 Å². The van der Waals surface area contributed by atoms with Crippen molar-refractivity contribution in [3.05, 3.63) is 23.8 Å². The van der Waals surface area contributed by atoms with Crippen LogP contribution in [-0.4, -0.2) is 6.79 Å². The Kier molecular flexibility index (Phi) is 1.07. The molecule has 2 heteroatoms. The van der Waals surface area contributed by atoms with E-state index in [-0.39, 0.29) is 0 Å². The van der Waals surface area contributed by atoms with Crippen LogP contribution < -0.4 is 9.47 Å². The van der Waals surface area contributed by atoms with Gasteiger partial charge >= 0.3 is 0 Å². The topological polar surface area (TPSA) is 18.5 Å². The van der Waals surface area contributed by atoms with Crippen molar-refractivity contribution in [3.63, 3.8) is 0 Å². The zero-order chi connectivity index (χ0) is 6.97. The van der Waals surface area contributed by atoms with Gasteiger partial charge in [0.15, 0.2) is 11.5 Å². The van der Waals surface area contributed by atoms with E-state index in [4.69, 9.17) is 9.47 Å². The molecule has 0 atom stereocenters. The highest BCUT2D eigenvalue weighted by Crippen LogP contribution is 2.31. The standard InChI is InChI=1S/C8H7O2/c1-6-2-3-7-8(4-6)10-5-9-7/h2-3H,5H2,1H3. The first-order chi connectivity index (χ1) is 4.86. The van der Waals surface area contributed by atoms with Crippen LogP contribution in [0.5, 0.6) is 11.5 Å². The van der Waals surface area contributed by atoms with Crippen molar-refractivity contribution in [2.24, 2.45) is 0 Å². The Morgan fingerprint density at radius 2 is 2.30 bits per heavy atom. The van der Waals surface area contributed by atoms with Crippen molar-refractivity contribution in [1.82, 2.24) is 0 Å². The Labute approximate surface area is 59.4 Å². The number of hydrogen-bond acceptors (Lipinski definition) is 2. The zero-order valence-corrected chi connectivity index (χ0v) is 5.68. The summed E-state index contributed by atoms with van der Waals surface area (Å²) >= 11 is 0. The Bertz CT molecular complexity index is 255. The van der Waals surface area contributed by atoms with Crippen molar-refractivity contribution in [2.45, 2.75) is 6.92 Å². The van der Waals surface area contributed by atoms with Crippen LogP contribution in [0.1, 0.15) is 5.56 Å². The SMILES string of the molecule is Cc1[c]c2c(cc1)OCO2. The molecule has 0 aliphatic carbocycles. The molecule has 0 bridgehead atoms. The summed E-state index contributed by atoms with van der Waals surface area (Å²) < 4.78 is 10.2. The van der Waals surface area contributed by atoms with E-state index in [0.29, 0.717) is 6.79 Å². The second-order valence-electron chi connectivity index (χ2n) is 2.24. The van der Waals surface area contributed by atoms with Gasteiger partial charge in [0.25, 0.3) is 0 Å². The molecular weight excluding hydrogens is 128 g/mol. The summed E-state index contributed by atoms with van der Waals surface area (Å²) in [7, 11) is 0. The van der Waals surface area contributed by atoms with Gasteiger partial charge in [-0.2, -0.15) is 0 Å². The minimum absolute atomic E-state index is 0.329. The van der Waals surface area contributed by atoms with Gasteiger partial charge in [-0.3, -0.25) is 0 Å².